The Morgan fingerprint density at radius 1 is 0.696 bits per heavy atom. The molecule has 3 aromatic heterocycles. The number of nitrogens with zero attached hydrogens (tertiary/aromatic N) is 4. The van der Waals surface area contributed by atoms with E-state index in [9.17, 15) is 40.7 Å². The molecule has 0 bridgehead atoms. The molecule has 1 fully saturated rings. The molecule has 0 atom stereocenters. The molecule has 0 aliphatic carbocycles. The van der Waals surface area contributed by atoms with E-state index in [1.807, 2.05) is 83.7 Å². The lowest BCUT2D eigenvalue weighted by atomic mass is 10.1. The highest BCUT2D eigenvalue weighted by Gasteiger charge is 2.39. The SMILES string of the molecule is Cn1cc(NC(=O)c2ccc(/C=C/c3cnc4ccccc4c3)cc2)cc1C(=O)Nc1cc(C(=O)NCCN2CCOCC2)n(CCCc2ccccc2)c1.O=C(O)C(F)(F)F.O=C(O)C(F)(F)F. The van der Waals surface area contributed by atoms with Gasteiger partial charge in [-0.2, -0.15) is 26.3 Å². The number of alkyl halides is 6. The molecule has 1 aliphatic rings. The van der Waals surface area contributed by atoms with E-state index < -0.39 is 24.3 Å². The number of pyridine rings is 1. The Balaban J connectivity index is 0.000000554. The van der Waals surface area contributed by atoms with Crippen LogP contribution < -0.4 is 16.0 Å². The molecule has 1 aliphatic heterocycles. The number of anilines is 2. The van der Waals surface area contributed by atoms with E-state index in [2.05, 4.69) is 44.0 Å². The number of fused-ring (bicyclic) bond motifs is 1. The van der Waals surface area contributed by atoms with E-state index in [1.165, 1.54) is 5.56 Å². The van der Waals surface area contributed by atoms with Crippen LogP contribution in [0.3, 0.4) is 0 Å². The Morgan fingerprint density at radius 3 is 1.93 bits per heavy atom. The van der Waals surface area contributed by atoms with E-state index in [-0.39, 0.29) is 17.7 Å². The lowest BCUT2D eigenvalue weighted by molar-refractivity contribution is -0.193. The smallest absolute Gasteiger partial charge is 0.475 e. The molecule has 4 heterocycles. The Hall–Kier alpha value is -7.78. The van der Waals surface area contributed by atoms with Gasteiger partial charge in [-0.05, 0) is 65.9 Å². The summed E-state index contributed by atoms with van der Waals surface area (Å²) in [5, 5.41) is 24.2. The van der Waals surface area contributed by atoms with Crippen LogP contribution >= 0.6 is 0 Å². The molecule has 21 heteroatoms. The van der Waals surface area contributed by atoms with Crippen LogP contribution in [0.2, 0.25) is 0 Å². The number of carboxylic acids is 2. The number of rotatable bonds is 14. The standard InChI is InChI=1S/C44H45N7O4.2C2HF3O2/c1-49-30-37(47-42(52)35-17-15-33(16-18-35)13-14-34-26-36-11-5-6-12-39(36)46-29-34)27-40(49)44(54)48-38-28-41(43(53)45-19-21-50-22-24-55-25-23-50)51(31-38)20-7-10-32-8-3-2-4-9-32;2*3-2(4,5)1(6)7/h2-6,8-9,11-18,26-31H,7,10,19-25H2,1H3,(H,45,53)(H,47,52)(H,48,54);2*(H,6,7)/b14-13+;;. The fourth-order valence-corrected chi connectivity index (χ4v) is 6.67. The highest BCUT2D eigenvalue weighted by Crippen LogP contribution is 2.21. The lowest BCUT2D eigenvalue weighted by Gasteiger charge is -2.26. The molecule has 69 heavy (non-hydrogen) atoms. The van der Waals surface area contributed by atoms with Crippen LogP contribution in [-0.4, -0.2) is 111 Å². The second-order valence-corrected chi connectivity index (χ2v) is 15.3. The number of aromatic nitrogens is 3. The minimum atomic E-state index is -5.08. The van der Waals surface area contributed by atoms with Crippen molar-refractivity contribution in [2.24, 2.45) is 7.05 Å². The normalized spacial score (nSPS) is 12.9. The minimum Gasteiger partial charge on any atom is -0.475 e. The third-order valence-electron chi connectivity index (χ3n) is 10.1. The quantitative estimate of drug-likeness (QED) is 0.0667. The van der Waals surface area contributed by atoms with Gasteiger partial charge in [-0.3, -0.25) is 24.3 Å². The summed E-state index contributed by atoms with van der Waals surface area (Å²) in [5.74, 6) is -6.35. The van der Waals surface area contributed by atoms with Crippen molar-refractivity contribution in [2.45, 2.75) is 31.7 Å². The molecule has 0 saturated carbocycles. The first kappa shape index (κ1) is 52.2. The molecule has 6 aromatic rings. The Bertz CT molecular complexity index is 2710. The number of amides is 3. The van der Waals surface area contributed by atoms with Gasteiger partial charge in [-0.1, -0.05) is 72.8 Å². The Kier molecular flexibility index (Phi) is 18.4. The maximum Gasteiger partial charge on any atom is 0.490 e. The van der Waals surface area contributed by atoms with E-state index in [4.69, 9.17) is 24.5 Å². The molecule has 1 saturated heterocycles. The van der Waals surface area contributed by atoms with Crippen molar-refractivity contribution in [3.8, 4) is 0 Å². The monoisotopic (exact) mass is 963 g/mol. The molecule has 3 amide bonds. The number of carboxylic acid groups (broad SMARTS) is 2. The van der Waals surface area contributed by atoms with Gasteiger partial charge in [0.25, 0.3) is 17.7 Å². The average Bonchev–Trinajstić information content (AvgIpc) is 3.90. The molecular weight excluding hydrogens is 917 g/mol. The molecular formula is C48H47F6N7O8. The number of carbonyl (C=O) groups is 5. The fourth-order valence-electron chi connectivity index (χ4n) is 6.67. The van der Waals surface area contributed by atoms with Crippen LogP contribution in [0.4, 0.5) is 37.7 Å². The number of para-hydroxylation sites is 1. The summed E-state index contributed by atoms with van der Waals surface area (Å²) in [6.45, 7) is 4.97. The molecule has 364 valence electrons. The van der Waals surface area contributed by atoms with E-state index in [0.717, 1.165) is 54.5 Å². The summed E-state index contributed by atoms with van der Waals surface area (Å²) in [6, 6.07) is 31.0. The van der Waals surface area contributed by atoms with Crippen molar-refractivity contribution in [1.29, 1.82) is 0 Å². The number of aryl methyl sites for hydroxylation is 3. The van der Waals surface area contributed by atoms with Gasteiger partial charge in [-0.15, -0.1) is 0 Å². The average molecular weight is 964 g/mol. The first-order valence-corrected chi connectivity index (χ1v) is 21.1. The highest BCUT2D eigenvalue weighted by molar-refractivity contribution is 6.07. The summed E-state index contributed by atoms with van der Waals surface area (Å²) in [5.41, 5.74) is 6.45. The zero-order chi connectivity index (χ0) is 50.1. The number of ether oxygens (including phenoxy) is 1. The molecule has 7 rings (SSSR count). The zero-order valence-corrected chi connectivity index (χ0v) is 36.9. The maximum absolute atomic E-state index is 13.5. The largest absolute Gasteiger partial charge is 0.490 e. The topological polar surface area (TPSA) is 197 Å². The lowest BCUT2D eigenvalue weighted by Crippen LogP contribution is -2.41. The summed E-state index contributed by atoms with van der Waals surface area (Å²) < 4.78 is 72.5. The molecule has 15 nitrogen and oxygen atoms in total. The van der Waals surface area contributed by atoms with Crippen molar-refractivity contribution in [3.05, 3.63) is 149 Å². The van der Waals surface area contributed by atoms with E-state index >= 15 is 0 Å². The van der Waals surface area contributed by atoms with Gasteiger partial charge in [0.05, 0.1) is 30.1 Å². The summed E-state index contributed by atoms with van der Waals surface area (Å²) in [4.78, 5) is 64.7. The van der Waals surface area contributed by atoms with Gasteiger partial charge in [0, 0.05) is 69.3 Å². The maximum atomic E-state index is 13.5. The number of nitrogens with one attached hydrogen (secondary N) is 3. The van der Waals surface area contributed by atoms with Crippen LogP contribution in [0.1, 0.15) is 54.4 Å². The van der Waals surface area contributed by atoms with Crippen LogP contribution in [0, 0.1) is 0 Å². The molecule has 5 N–H and O–H groups in total. The number of halogens is 6. The second-order valence-electron chi connectivity index (χ2n) is 15.3. The van der Waals surface area contributed by atoms with Crippen molar-refractivity contribution in [2.75, 3.05) is 50.0 Å². The molecule has 0 radical (unpaired) electrons. The number of hydrogen-bond donors (Lipinski definition) is 5. The third kappa shape index (κ3) is 16.5. The number of morpholine rings is 1. The summed E-state index contributed by atoms with van der Waals surface area (Å²) in [7, 11) is 1.75. The molecule has 3 aromatic carbocycles. The van der Waals surface area contributed by atoms with Gasteiger partial charge in [-0.25, -0.2) is 9.59 Å². The van der Waals surface area contributed by atoms with Crippen molar-refractivity contribution >= 4 is 64.1 Å². The molecule has 0 unspecified atom stereocenters. The van der Waals surface area contributed by atoms with Crippen molar-refractivity contribution < 1.29 is 65.3 Å². The Morgan fingerprint density at radius 2 is 1.28 bits per heavy atom. The van der Waals surface area contributed by atoms with Gasteiger partial charge in [0.15, 0.2) is 0 Å². The number of hydrogen-bond acceptors (Lipinski definition) is 8. The van der Waals surface area contributed by atoms with Gasteiger partial charge in [0.2, 0.25) is 0 Å². The van der Waals surface area contributed by atoms with E-state index in [0.29, 0.717) is 54.6 Å². The van der Waals surface area contributed by atoms with Gasteiger partial charge in [0.1, 0.15) is 11.4 Å². The van der Waals surface area contributed by atoms with Crippen LogP contribution in [0.25, 0.3) is 23.1 Å². The van der Waals surface area contributed by atoms with Crippen molar-refractivity contribution in [3.63, 3.8) is 0 Å². The predicted molar refractivity (Wildman–Crippen MR) is 245 cm³/mol. The molecule has 0 spiro atoms. The Labute approximate surface area is 391 Å². The number of benzene rings is 3. The number of carbonyl (C=O) groups excluding carboxylic acids is 3. The third-order valence-corrected chi connectivity index (χ3v) is 10.1. The predicted octanol–water partition coefficient (Wildman–Crippen LogP) is 8.01. The fraction of sp³-hybridized carbons (Fsp3) is 0.250. The minimum absolute atomic E-state index is 0.191. The summed E-state index contributed by atoms with van der Waals surface area (Å²) in [6.07, 6.45) is 0.842. The van der Waals surface area contributed by atoms with Gasteiger partial charge >= 0.3 is 24.3 Å². The highest BCUT2D eigenvalue weighted by atomic mass is 19.4. The van der Waals surface area contributed by atoms with Crippen LogP contribution in [0.5, 0.6) is 0 Å². The van der Waals surface area contributed by atoms with Gasteiger partial charge < -0.3 is 40.0 Å². The van der Waals surface area contributed by atoms with Crippen molar-refractivity contribution in [1.82, 2.24) is 24.3 Å². The first-order valence-electron chi connectivity index (χ1n) is 21.1. The van der Waals surface area contributed by atoms with Crippen LogP contribution in [0.15, 0.2) is 116 Å². The zero-order valence-electron chi connectivity index (χ0n) is 36.9. The van der Waals surface area contributed by atoms with Crippen LogP contribution in [-0.2, 0) is 34.3 Å². The second kappa shape index (κ2) is 24.3. The number of aliphatic carboxylic acids is 2. The summed E-state index contributed by atoms with van der Waals surface area (Å²) >= 11 is 0. The first-order chi connectivity index (χ1) is 32.8. The van der Waals surface area contributed by atoms with E-state index in [1.54, 1.807) is 42.1 Å².